The molecule has 3 unspecified atom stereocenters. The molecule has 4 rings (SSSR count). The summed E-state index contributed by atoms with van der Waals surface area (Å²) in [7, 11) is 0. The van der Waals surface area contributed by atoms with E-state index in [1.807, 2.05) is 6.92 Å². The van der Waals surface area contributed by atoms with Gasteiger partial charge in [-0.15, -0.1) is 31.2 Å². The van der Waals surface area contributed by atoms with E-state index in [0.717, 1.165) is 56.9 Å². The van der Waals surface area contributed by atoms with Gasteiger partial charge in [-0.2, -0.15) is 0 Å². The lowest BCUT2D eigenvalue weighted by Gasteiger charge is -2.42. The Morgan fingerprint density at radius 2 is 1.77 bits per heavy atom. The summed E-state index contributed by atoms with van der Waals surface area (Å²) in [5.41, 5.74) is 4.24. The highest BCUT2D eigenvalue weighted by molar-refractivity contribution is 5.86. The van der Waals surface area contributed by atoms with Gasteiger partial charge in [-0.1, -0.05) is 65.7 Å². The Balaban J connectivity index is 0.00000323. The van der Waals surface area contributed by atoms with Gasteiger partial charge in [0.15, 0.2) is 0 Å². The van der Waals surface area contributed by atoms with Crippen molar-refractivity contribution in [3.05, 3.63) is 28.8 Å². The van der Waals surface area contributed by atoms with Crippen LogP contribution in [0.25, 0.3) is 5.57 Å². The van der Waals surface area contributed by atoms with E-state index in [1.54, 1.807) is 0 Å². The summed E-state index contributed by atoms with van der Waals surface area (Å²) in [6.07, 6.45) is 16.2. The van der Waals surface area contributed by atoms with Gasteiger partial charge in [-0.3, -0.25) is 9.69 Å². The Labute approximate surface area is 274 Å². The smallest absolute Gasteiger partial charge is 0.314 e. The summed E-state index contributed by atoms with van der Waals surface area (Å²) < 4.78 is 13.1. The van der Waals surface area contributed by atoms with Crippen LogP contribution in [0.3, 0.4) is 0 Å². The second kappa shape index (κ2) is 17.1. The predicted molar refractivity (Wildman–Crippen MR) is 184 cm³/mol. The fraction of sp³-hybridized carbons (Fsp3) is 0.694. The second-order valence-electron chi connectivity index (χ2n) is 13.4. The first-order chi connectivity index (χ1) is 19.6. The number of rotatable bonds is 12. The highest BCUT2D eigenvalue weighted by atomic mass is 35.5. The highest BCUT2D eigenvalue weighted by Gasteiger charge is 2.40. The number of hydrogen-bond donors (Lipinski definition) is 0. The van der Waals surface area contributed by atoms with Crippen LogP contribution < -0.4 is 9.47 Å². The number of hydrogen-bond acceptors (Lipinski definition) is 5. The first-order valence-corrected chi connectivity index (χ1v) is 16.3. The molecule has 5 nitrogen and oxygen atoms in total. The number of carbonyl (C=O) groups is 1. The monoisotopic (exact) mass is 634 g/mol. The van der Waals surface area contributed by atoms with Crippen molar-refractivity contribution in [1.82, 2.24) is 9.80 Å². The molecule has 1 saturated heterocycles. The third kappa shape index (κ3) is 9.40. The minimum absolute atomic E-state index is 0. The minimum Gasteiger partial charge on any atom is -0.483 e. The van der Waals surface area contributed by atoms with Crippen molar-refractivity contribution in [3.63, 3.8) is 0 Å². The number of terminal acetylenes is 1. The van der Waals surface area contributed by atoms with Crippen LogP contribution in [0.15, 0.2) is 17.7 Å². The Kier molecular flexibility index (Phi) is 14.9. The van der Waals surface area contributed by atoms with Crippen LogP contribution in [0.5, 0.6) is 11.5 Å². The number of likely N-dealkylation sites (tertiary alicyclic amines) is 1. The number of nitrogens with zero attached hydrogens (tertiary/aromatic N) is 2. The molecule has 0 bridgehead atoms. The van der Waals surface area contributed by atoms with Crippen molar-refractivity contribution >= 4 is 36.4 Å². The van der Waals surface area contributed by atoms with Gasteiger partial charge in [0.25, 0.3) is 0 Å². The van der Waals surface area contributed by atoms with Crippen LogP contribution in [0.2, 0.25) is 0 Å². The lowest BCUT2D eigenvalue weighted by atomic mass is 9.79. The van der Waals surface area contributed by atoms with Crippen molar-refractivity contribution < 1.29 is 14.3 Å². The van der Waals surface area contributed by atoms with Crippen molar-refractivity contribution in [3.8, 4) is 23.8 Å². The van der Waals surface area contributed by atoms with Gasteiger partial charge in [0.1, 0.15) is 17.1 Å². The second-order valence-corrected chi connectivity index (χ2v) is 13.4. The molecule has 242 valence electrons. The summed E-state index contributed by atoms with van der Waals surface area (Å²) in [5.74, 6) is 4.86. The average molecular weight is 636 g/mol. The summed E-state index contributed by atoms with van der Waals surface area (Å²) in [4.78, 5) is 18.4. The Morgan fingerprint density at radius 3 is 2.44 bits per heavy atom. The number of ether oxygens (including phenoxy) is 2. The van der Waals surface area contributed by atoms with E-state index in [4.69, 9.17) is 15.9 Å². The third-order valence-corrected chi connectivity index (χ3v) is 9.80. The molecule has 3 heterocycles. The molecule has 0 N–H and O–H groups in total. The number of fused-ring (bicyclic) bond motifs is 2. The maximum atomic E-state index is 13.6. The number of carbonyl (C=O) groups excluding carboxylic acids is 1. The number of halogens is 2. The van der Waals surface area contributed by atoms with Gasteiger partial charge in [-0.05, 0) is 99.8 Å². The molecule has 0 aromatic heterocycles. The van der Waals surface area contributed by atoms with E-state index >= 15 is 0 Å². The normalized spacial score (nSPS) is 20.2. The average Bonchev–Trinajstić information content (AvgIpc) is 2.95. The lowest BCUT2D eigenvalue weighted by molar-refractivity contribution is -0.138. The fourth-order valence-electron chi connectivity index (χ4n) is 6.83. The van der Waals surface area contributed by atoms with Crippen molar-refractivity contribution in [2.24, 2.45) is 11.8 Å². The molecule has 0 amide bonds. The molecule has 7 heteroatoms. The summed E-state index contributed by atoms with van der Waals surface area (Å²) >= 11 is 0. The van der Waals surface area contributed by atoms with Gasteiger partial charge in [0.05, 0.1) is 18.0 Å². The topological polar surface area (TPSA) is 42.0 Å². The summed E-state index contributed by atoms with van der Waals surface area (Å²) in [6, 6.07) is 4.36. The molecule has 0 aliphatic carbocycles. The zero-order chi connectivity index (χ0) is 29.6. The molecule has 1 fully saturated rings. The van der Waals surface area contributed by atoms with E-state index in [9.17, 15) is 4.79 Å². The first-order valence-electron chi connectivity index (χ1n) is 16.3. The zero-order valence-electron chi connectivity index (χ0n) is 27.5. The van der Waals surface area contributed by atoms with Crippen molar-refractivity contribution in [2.45, 2.75) is 111 Å². The summed E-state index contributed by atoms with van der Waals surface area (Å²) in [6.45, 7) is 18.8. The van der Waals surface area contributed by atoms with E-state index in [1.165, 1.54) is 61.7 Å². The number of benzene rings is 1. The zero-order valence-corrected chi connectivity index (χ0v) is 29.1. The van der Waals surface area contributed by atoms with E-state index < -0.39 is 5.60 Å². The first kappa shape index (κ1) is 37.5. The standard InChI is InChI=1S/C36H54N2O3.2ClH/c1-8-10-12-15-26(3)28(5)29-23-32(40-35(39)27(4)16-21-37-19-13-11-14-20-37)34-30-25-38(18-9-2)22-17-31(30)36(6,7)41-33(34)24-29;;/h2,23-24,26-28H,8,10-22,25H2,1,3-7H3;2*1H. The van der Waals surface area contributed by atoms with Crippen LogP contribution in [0.1, 0.15) is 116 Å². The molecule has 43 heavy (non-hydrogen) atoms. The molecular formula is C36H56Cl2N2O3. The molecule has 3 aliphatic rings. The van der Waals surface area contributed by atoms with Crippen molar-refractivity contribution in [2.75, 3.05) is 39.3 Å². The van der Waals surface area contributed by atoms with Crippen LogP contribution >= 0.6 is 24.8 Å². The van der Waals surface area contributed by atoms with Crippen LogP contribution in [-0.4, -0.2) is 60.6 Å². The highest BCUT2D eigenvalue weighted by Crippen LogP contribution is 2.50. The molecule has 0 saturated carbocycles. The fourth-order valence-corrected chi connectivity index (χ4v) is 6.83. The summed E-state index contributed by atoms with van der Waals surface area (Å²) in [5, 5.41) is 0. The predicted octanol–water partition coefficient (Wildman–Crippen LogP) is 8.53. The SMILES string of the molecule is C#CCN1CCC2=C(C1)c1c(OC(=O)C(C)CCN3CCCCC3)cc(C(C)C(C)CCCCC)cc1OC2(C)C.Cl.Cl. The Morgan fingerprint density at radius 1 is 1.05 bits per heavy atom. The third-order valence-electron chi connectivity index (χ3n) is 9.80. The van der Waals surface area contributed by atoms with Gasteiger partial charge in [0.2, 0.25) is 0 Å². The van der Waals surface area contributed by atoms with Crippen molar-refractivity contribution in [1.29, 1.82) is 0 Å². The van der Waals surface area contributed by atoms with Gasteiger partial charge >= 0.3 is 5.97 Å². The molecule has 1 aromatic rings. The molecular weight excluding hydrogens is 579 g/mol. The van der Waals surface area contributed by atoms with Gasteiger partial charge in [-0.25, -0.2) is 0 Å². The van der Waals surface area contributed by atoms with E-state index in [0.29, 0.717) is 24.1 Å². The maximum absolute atomic E-state index is 13.6. The number of unbranched alkanes of at least 4 members (excludes halogenated alkanes) is 2. The number of esters is 1. The van der Waals surface area contributed by atoms with E-state index in [2.05, 4.69) is 62.5 Å². The molecule has 3 atom stereocenters. The van der Waals surface area contributed by atoms with Crippen LogP contribution in [-0.2, 0) is 4.79 Å². The van der Waals surface area contributed by atoms with E-state index in [-0.39, 0.29) is 36.7 Å². The maximum Gasteiger partial charge on any atom is 0.314 e. The largest absolute Gasteiger partial charge is 0.483 e. The Bertz CT molecular complexity index is 1140. The van der Waals surface area contributed by atoms with Gasteiger partial charge in [0, 0.05) is 13.1 Å². The van der Waals surface area contributed by atoms with Crippen LogP contribution in [0, 0.1) is 24.2 Å². The Hall–Kier alpha value is -1.71. The molecule has 1 aromatic carbocycles. The minimum atomic E-state index is -0.415. The number of piperidine rings is 1. The quantitative estimate of drug-likeness (QED) is 0.0997. The lowest BCUT2D eigenvalue weighted by Crippen LogP contribution is -2.42. The molecule has 0 radical (unpaired) electrons. The van der Waals surface area contributed by atoms with Crippen LogP contribution in [0.4, 0.5) is 0 Å². The van der Waals surface area contributed by atoms with Gasteiger partial charge < -0.3 is 14.4 Å². The molecule has 3 aliphatic heterocycles. The molecule has 0 spiro atoms.